The smallest absolute Gasteiger partial charge is 0.408 e. The van der Waals surface area contributed by atoms with Crippen molar-refractivity contribution < 1.29 is 42.4 Å². The van der Waals surface area contributed by atoms with Crippen LogP contribution in [0.3, 0.4) is 0 Å². The first-order valence-electron chi connectivity index (χ1n) is 21.1. The molecule has 332 valence electrons. The van der Waals surface area contributed by atoms with Crippen molar-refractivity contribution in [1.29, 1.82) is 0 Å². The lowest BCUT2D eigenvalue weighted by molar-refractivity contribution is -0.142. The Hall–Kier alpha value is -5.05. The second-order valence-electron chi connectivity index (χ2n) is 17.9. The molecule has 0 bridgehead atoms. The lowest BCUT2D eigenvalue weighted by Gasteiger charge is -2.36. The fourth-order valence-electron chi connectivity index (χ4n) is 8.40. The summed E-state index contributed by atoms with van der Waals surface area (Å²) < 4.78 is 47.1. The van der Waals surface area contributed by atoms with E-state index in [1.165, 1.54) is 40.5 Å². The number of anilines is 1. The zero-order valence-electron chi connectivity index (χ0n) is 36.0. The first-order chi connectivity index (χ1) is 29.4. The van der Waals surface area contributed by atoms with Crippen LogP contribution in [-0.2, 0) is 25.1 Å². The number of thiazole rings is 1. The Kier molecular flexibility index (Phi) is 13.0. The zero-order valence-corrected chi connectivity index (χ0v) is 37.7. The van der Waals surface area contributed by atoms with E-state index in [1.54, 1.807) is 31.4 Å². The van der Waals surface area contributed by atoms with Crippen LogP contribution in [0.1, 0.15) is 78.7 Å². The summed E-state index contributed by atoms with van der Waals surface area (Å²) in [5.74, 6) is -1.44. The Morgan fingerprint density at radius 1 is 1.10 bits per heavy atom. The number of carbonyl (C=O) groups is 3. The van der Waals surface area contributed by atoms with Gasteiger partial charge in [0.15, 0.2) is 5.13 Å². The molecule has 62 heavy (non-hydrogen) atoms. The predicted molar refractivity (Wildman–Crippen MR) is 237 cm³/mol. The van der Waals surface area contributed by atoms with Crippen LogP contribution >= 0.6 is 18.7 Å². The topological polar surface area (TPSA) is 181 Å². The molecule has 2 aromatic heterocycles. The molecule has 1 unspecified atom stereocenters. The molecule has 3 amide bonds. The molecule has 1 aliphatic heterocycles. The highest BCUT2D eigenvalue weighted by Gasteiger charge is 2.66. The molecule has 2 aromatic carbocycles. The molecular weight excluding hydrogens is 835 g/mol. The predicted octanol–water partition coefficient (Wildman–Crippen LogP) is 8.25. The van der Waals surface area contributed by atoms with E-state index in [0.29, 0.717) is 33.8 Å². The van der Waals surface area contributed by atoms with Crippen molar-refractivity contribution in [3.63, 3.8) is 0 Å². The SMILES string of the molecule is C=C[C@@H]1C[C@]1(NC(=O)[C@@H]1C[C@@H](Oc2cc(-c3csc(NC(C)C)n3)nc3cc(OC)ccc23)CN1C(=O)[C@@H](NC(=O)OC1CCCC1)C(C)(C)C)P(=O)(O)Cc1ccccc1F. The summed E-state index contributed by atoms with van der Waals surface area (Å²) in [6.45, 7) is 13.2. The van der Waals surface area contributed by atoms with Crippen LogP contribution in [0.2, 0.25) is 0 Å². The summed E-state index contributed by atoms with van der Waals surface area (Å²) in [6, 6.07) is 10.8. The van der Waals surface area contributed by atoms with Crippen molar-refractivity contribution in [2.45, 2.75) is 115 Å². The van der Waals surface area contributed by atoms with Gasteiger partial charge in [-0.15, -0.1) is 17.9 Å². The van der Waals surface area contributed by atoms with Crippen LogP contribution in [0.25, 0.3) is 22.3 Å². The van der Waals surface area contributed by atoms with Gasteiger partial charge < -0.3 is 40.0 Å². The highest BCUT2D eigenvalue weighted by atomic mass is 32.1. The molecule has 17 heteroatoms. The van der Waals surface area contributed by atoms with E-state index < -0.39 is 72.1 Å². The van der Waals surface area contributed by atoms with Crippen LogP contribution in [-0.4, -0.2) is 86.9 Å². The van der Waals surface area contributed by atoms with Gasteiger partial charge in [-0.3, -0.25) is 14.2 Å². The number of nitrogens with one attached hydrogen (secondary N) is 3. The number of hydrogen-bond acceptors (Lipinski definition) is 11. The number of likely N-dealkylation sites (tertiary alicyclic amines) is 1. The molecule has 2 aliphatic carbocycles. The number of aromatic nitrogens is 2. The summed E-state index contributed by atoms with van der Waals surface area (Å²) in [5.41, 5.74) is 0.937. The highest BCUT2D eigenvalue weighted by Crippen LogP contribution is 2.71. The van der Waals surface area contributed by atoms with Crippen LogP contribution in [0.5, 0.6) is 11.5 Å². The first-order valence-corrected chi connectivity index (χ1v) is 23.8. The van der Waals surface area contributed by atoms with E-state index in [-0.39, 0.29) is 37.1 Å². The summed E-state index contributed by atoms with van der Waals surface area (Å²) in [4.78, 5) is 65.6. The standard InChI is InChI=1S/C45H56FN6O8PS/c1-8-28-22-45(28,61(56,57)24-27-13-9-12-16-33(27)46)51-40(53)37-20-31(23-52(37)41(54)39(44(4,5)6)50-43(55)60-29-14-10-11-15-29)59-38-21-35(36-25-62-42(49-36)47-26(2)3)48-34-19-30(58-7)17-18-32(34)38/h8-9,12-13,16-19,21,25-26,28-29,31,37,39H,1,10-11,14-15,20,22-24H2,2-7H3,(H,47,49)(H,50,55)(H,51,53)(H,56,57)/t28-,31-,37+,39-,45+/m1/s1. The minimum absolute atomic E-state index is 0.00665. The van der Waals surface area contributed by atoms with Crippen molar-refractivity contribution in [2.24, 2.45) is 11.3 Å². The molecule has 4 aromatic rings. The average Bonchev–Trinajstić information content (AvgIpc) is 3.61. The Labute approximate surface area is 365 Å². The van der Waals surface area contributed by atoms with Gasteiger partial charge in [0, 0.05) is 41.3 Å². The summed E-state index contributed by atoms with van der Waals surface area (Å²) >= 11 is 1.44. The van der Waals surface area contributed by atoms with Crippen molar-refractivity contribution in [3.8, 4) is 22.9 Å². The summed E-state index contributed by atoms with van der Waals surface area (Å²) in [5, 5.41) is 10.6. The van der Waals surface area contributed by atoms with E-state index in [4.69, 9.17) is 24.2 Å². The minimum atomic E-state index is -4.35. The maximum Gasteiger partial charge on any atom is 0.408 e. The molecule has 3 fully saturated rings. The largest absolute Gasteiger partial charge is 0.497 e. The van der Waals surface area contributed by atoms with Gasteiger partial charge in [-0.2, -0.15) is 0 Å². The summed E-state index contributed by atoms with van der Waals surface area (Å²) in [6.07, 6.45) is 2.73. The van der Waals surface area contributed by atoms with Gasteiger partial charge in [-0.1, -0.05) is 45.0 Å². The molecule has 0 radical (unpaired) electrons. The third-order valence-electron chi connectivity index (χ3n) is 11.8. The maximum absolute atomic E-state index is 14.9. The second-order valence-corrected chi connectivity index (χ2v) is 21.2. The van der Waals surface area contributed by atoms with Crippen molar-refractivity contribution >= 4 is 52.6 Å². The van der Waals surface area contributed by atoms with E-state index in [1.807, 2.05) is 46.1 Å². The molecule has 4 N–H and O–H groups in total. The number of fused-ring (bicyclic) bond motifs is 1. The van der Waals surface area contributed by atoms with Crippen molar-refractivity contribution in [3.05, 3.63) is 77.9 Å². The van der Waals surface area contributed by atoms with Crippen LogP contribution < -0.4 is 25.4 Å². The van der Waals surface area contributed by atoms with E-state index in [9.17, 15) is 28.2 Å². The molecule has 7 rings (SSSR count). The number of methoxy groups -OCH3 is 1. The lowest BCUT2D eigenvalue weighted by atomic mass is 9.85. The number of rotatable bonds is 15. The van der Waals surface area contributed by atoms with E-state index in [2.05, 4.69) is 22.5 Å². The number of carbonyl (C=O) groups excluding carboxylic acids is 3. The van der Waals surface area contributed by atoms with E-state index >= 15 is 0 Å². The van der Waals surface area contributed by atoms with Crippen molar-refractivity contribution in [2.75, 3.05) is 19.0 Å². The van der Waals surface area contributed by atoms with Gasteiger partial charge >= 0.3 is 6.09 Å². The fourth-order valence-corrected chi connectivity index (χ4v) is 11.6. The van der Waals surface area contributed by atoms with Gasteiger partial charge in [0.2, 0.25) is 19.2 Å². The molecular formula is C45H56FN6O8PS. The molecule has 2 saturated carbocycles. The maximum atomic E-state index is 14.9. The normalized spacial score (nSPS) is 22.8. The number of amides is 3. The van der Waals surface area contributed by atoms with Crippen LogP contribution in [0.4, 0.5) is 14.3 Å². The Morgan fingerprint density at radius 2 is 1.84 bits per heavy atom. The van der Waals surface area contributed by atoms with Crippen molar-refractivity contribution in [1.82, 2.24) is 25.5 Å². The second kappa shape index (κ2) is 18.0. The third kappa shape index (κ3) is 9.62. The monoisotopic (exact) mass is 890 g/mol. The number of benzene rings is 2. The van der Waals surface area contributed by atoms with Crippen LogP contribution in [0.15, 0.2) is 66.6 Å². The van der Waals surface area contributed by atoms with Crippen LogP contribution in [0, 0.1) is 17.2 Å². The number of pyridine rings is 1. The van der Waals surface area contributed by atoms with Gasteiger partial charge in [0.25, 0.3) is 0 Å². The zero-order chi connectivity index (χ0) is 44.6. The lowest BCUT2D eigenvalue weighted by Crippen LogP contribution is -2.58. The molecule has 14 nitrogen and oxygen atoms in total. The molecule has 1 saturated heterocycles. The fraction of sp³-hybridized carbons (Fsp3) is 0.489. The Morgan fingerprint density at radius 3 is 2.50 bits per heavy atom. The third-order valence-corrected chi connectivity index (χ3v) is 15.2. The molecule has 3 heterocycles. The van der Waals surface area contributed by atoms with Gasteiger partial charge in [-0.25, -0.2) is 19.2 Å². The highest BCUT2D eigenvalue weighted by molar-refractivity contribution is 7.59. The molecule has 0 spiro atoms. The minimum Gasteiger partial charge on any atom is -0.497 e. The first kappa shape index (κ1) is 45.0. The molecule has 3 aliphatic rings. The number of halogens is 1. The van der Waals surface area contributed by atoms with Gasteiger partial charge in [0.05, 0.1) is 31.0 Å². The average molecular weight is 891 g/mol. The van der Waals surface area contributed by atoms with Gasteiger partial charge in [-0.05, 0) is 75.1 Å². The number of alkyl carbamates (subject to hydrolysis) is 1. The quantitative estimate of drug-likeness (QED) is 0.0667. The number of ether oxygens (including phenoxy) is 3. The Bertz CT molecular complexity index is 2380. The summed E-state index contributed by atoms with van der Waals surface area (Å²) in [7, 11) is -2.78. The molecule has 6 atom stereocenters. The van der Waals surface area contributed by atoms with E-state index in [0.717, 1.165) is 30.8 Å². The van der Waals surface area contributed by atoms with Gasteiger partial charge in [0.1, 0.15) is 52.6 Å². The number of hydrogen-bond donors (Lipinski definition) is 4. The number of nitrogens with zero attached hydrogens (tertiary/aromatic N) is 3. The Balaban J connectivity index is 1.22.